The van der Waals surface area contributed by atoms with Gasteiger partial charge in [-0.3, -0.25) is 0 Å². The molecule has 0 fully saturated rings. The van der Waals surface area contributed by atoms with E-state index in [1.807, 2.05) is 11.8 Å². The van der Waals surface area contributed by atoms with Crippen LogP contribution in [0.4, 0.5) is 0 Å². The van der Waals surface area contributed by atoms with Crippen molar-refractivity contribution in [1.82, 2.24) is 0 Å². The first-order valence-corrected chi connectivity index (χ1v) is 7.64. The van der Waals surface area contributed by atoms with E-state index in [1.54, 1.807) is 0 Å². The molecule has 0 aliphatic heterocycles. The molecule has 0 amide bonds. The lowest BCUT2D eigenvalue weighted by molar-refractivity contribution is 0.530. The summed E-state index contributed by atoms with van der Waals surface area (Å²) in [7, 11) is 0. The second kappa shape index (κ2) is 7.78. The normalized spacial score (nSPS) is 14.6. The van der Waals surface area contributed by atoms with E-state index in [9.17, 15) is 0 Å². The summed E-state index contributed by atoms with van der Waals surface area (Å²) in [6.45, 7) is 6.64. The monoisotopic (exact) mass is 251 g/mol. The van der Waals surface area contributed by atoms with Crippen LogP contribution in [0.3, 0.4) is 0 Å². The number of thioether (sulfide) groups is 1. The van der Waals surface area contributed by atoms with Gasteiger partial charge in [0.15, 0.2) is 0 Å². The number of nitrogens with two attached hydrogens (primary N) is 1. The molecule has 0 aromatic heterocycles. The summed E-state index contributed by atoms with van der Waals surface area (Å²) < 4.78 is 0. The summed E-state index contributed by atoms with van der Waals surface area (Å²) in [5, 5.41) is 0. The molecular weight excluding hydrogens is 226 g/mol. The molecule has 0 saturated heterocycles. The van der Waals surface area contributed by atoms with Crippen LogP contribution in [-0.2, 0) is 0 Å². The van der Waals surface area contributed by atoms with Gasteiger partial charge in [-0.2, -0.15) is 0 Å². The summed E-state index contributed by atoms with van der Waals surface area (Å²) in [6, 6.07) is 9.37. The second-order valence-electron chi connectivity index (χ2n) is 4.65. The minimum atomic E-state index is 0.368. The Morgan fingerprint density at radius 2 is 1.76 bits per heavy atom. The fraction of sp³-hybridized carbons (Fsp3) is 0.600. The number of benzene rings is 1. The van der Waals surface area contributed by atoms with Crippen molar-refractivity contribution in [3.8, 4) is 0 Å². The van der Waals surface area contributed by atoms with E-state index in [2.05, 4.69) is 45.0 Å². The largest absolute Gasteiger partial charge is 0.328 e. The molecule has 2 unspecified atom stereocenters. The summed E-state index contributed by atoms with van der Waals surface area (Å²) in [5.74, 6) is 1.76. The summed E-state index contributed by atoms with van der Waals surface area (Å²) >= 11 is 1.90. The molecule has 0 spiro atoms. The molecule has 0 radical (unpaired) electrons. The molecule has 1 rings (SSSR count). The Morgan fingerprint density at radius 3 is 2.29 bits per heavy atom. The zero-order valence-electron chi connectivity index (χ0n) is 11.3. The van der Waals surface area contributed by atoms with Gasteiger partial charge in [-0.15, -0.1) is 11.8 Å². The molecule has 96 valence electrons. The first-order chi connectivity index (χ1) is 8.17. The third-order valence-electron chi connectivity index (χ3n) is 3.25. The quantitative estimate of drug-likeness (QED) is 0.726. The van der Waals surface area contributed by atoms with E-state index in [-0.39, 0.29) is 0 Å². The van der Waals surface area contributed by atoms with Crippen molar-refractivity contribution in [3.63, 3.8) is 0 Å². The van der Waals surface area contributed by atoms with E-state index < -0.39 is 0 Å². The molecule has 1 nitrogen and oxygen atoms in total. The highest BCUT2D eigenvalue weighted by Gasteiger charge is 2.07. The standard InChI is InChI=1S/C15H25NS/c1-4-14(16)9-6-12(3)13-7-10-15(11-8-13)17-5-2/h7-8,10-12,14H,4-6,9,16H2,1-3H3. The second-order valence-corrected chi connectivity index (χ2v) is 5.99. The average Bonchev–Trinajstić information content (AvgIpc) is 2.36. The zero-order valence-corrected chi connectivity index (χ0v) is 12.1. The molecule has 0 heterocycles. The van der Waals surface area contributed by atoms with Gasteiger partial charge in [-0.1, -0.05) is 32.9 Å². The van der Waals surface area contributed by atoms with Crippen molar-refractivity contribution in [3.05, 3.63) is 29.8 Å². The molecule has 2 atom stereocenters. The fourth-order valence-corrected chi connectivity index (χ4v) is 2.56. The minimum absolute atomic E-state index is 0.368. The van der Waals surface area contributed by atoms with Gasteiger partial charge >= 0.3 is 0 Å². The van der Waals surface area contributed by atoms with Crippen molar-refractivity contribution in [2.75, 3.05) is 5.75 Å². The van der Waals surface area contributed by atoms with Crippen molar-refractivity contribution >= 4 is 11.8 Å². The van der Waals surface area contributed by atoms with Crippen molar-refractivity contribution in [1.29, 1.82) is 0 Å². The van der Waals surface area contributed by atoms with Crippen LogP contribution in [0.15, 0.2) is 29.2 Å². The highest BCUT2D eigenvalue weighted by molar-refractivity contribution is 7.99. The summed E-state index contributed by atoms with van der Waals surface area (Å²) in [4.78, 5) is 1.37. The Hall–Kier alpha value is -0.470. The van der Waals surface area contributed by atoms with Gasteiger partial charge in [0.05, 0.1) is 0 Å². The van der Waals surface area contributed by atoms with Crippen molar-refractivity contribution < 1.29 is 0 Å². The van der Waals surface area contributed by atoms with Crippen LogP contribution in [0.25, 0.3) is 0 Å². The minimum Gasteiger partial charge on any atom is -0.328 e. The Bertz CT molecular complexity index is 307. The zero-order chi connectivity index (χ0) is 12.7. The number of hydrogen-bond acceptors (Lipinski definition) is 2. The van der Waals surface area contributed by atoms with Crippen LogP contribution in [-0.4, -0.2) is 11.8 Å². The van der Waals surface area contributed by atoms with Crippen LogP contribution in [0.5, 0.6) is 0 Å². The van der Waals surface area contributed by atoms with Gasteiger partial charge in [-0.05, 0) is 48.6 Å². The fourth-order valence-electron chi connectivity index (χ4n) is 1.89. The lowest BCUT2D eigenvalue weighted by Gasteiger charge is -2.15. The predicted octanol–water partition coefficient (Wildman–Crippen LogP) is 4.42. The molecular formula is C15H25NS. The topological polar surface area (TPSA) is 26.0 Å². The molecule has 0 bridgehead atoms. The van der Waals surface area contributed by atoms with Crippen molar-refractivity contribution in [2.24, 2.45) is 5.73 Å². The maximum atomic E-state index is 5.96. The molecule has 0 aliphatic carbocycles. The first kappa shape index (κ1) is 14.6. The predicted molar refractivity (Wildman–Crippen MR) is 78.8 cm³/mol. The molecule has 2 heteroatoms. The first-order valence-electron chi connectivity index (χ1n) is 6.65. The van der Waals surface area contributed by atoms with E-state index >= 15 is 0 Å². The maximum absolute atomic E-state index is 5.96. The SMILES string of the molecule is CCSc1ccc(C(C)CCC(N)CC)cc1. The number of hydrogen-bond donors (Lipinski definition) is 1. The summed E-state index contributed by atoms with van der Waals surface area (Å²) in [6.07, 6.45) is 3.40. The van der Waals surface area contributed by atoms with Gasteiger partial charge in [0.25, 0.3) is 0 Å². The lowest BCUT2D eigenvalue weighted by atomic mass is 9.94. The molecule has 2 N–H and O–H groups in total. The molecule has 0 aliphatic rings. The molecule has 17 heavy (non-hydrogen) atoms. The highest BCUT2D eigenvalue weighted by atomic mass is 32.2. The smallest absolute Gasteiger partial charge is 0.00720 e. The third-order valence-corrected chi connectivity index (χ3v) is 4.15. The van der Waals surface area contributed by atoms with Crippen LogP contribution in [0.2, 0.25) is 0 Å². The highest BCUT2D eigenvalue weighted by Crippen LogP contribution is 2.24. The van der Waals surface area contributed by atoms with Crippen LogP contribution < -0.4 is 5.73 Å². The summed E-state index contributed by atoms with van der Waals surface area (Å²) in [5.41, 5.74) is 7.40. The Kier molecular flexibility index (Phi) is 6.68. The molecule has 1 aromatic carbocycles. The Labute approximate surface area is 110 Å². The van der Waals surface area contributed by atoms with Crippen LogP contribution >= 0.6 is 11.8 Å². The van der Waals surface area contributed by atoms with Crippen molar-refractivity contribution in [2.45, 2.75) is 56.9 Å². The Balaban J connectivity index is 2.48. The van der Waals surface area contributed by atoms with Gasteiger partial charge in [0.2, 0.25) is 0 Å². The van der Waals surface area contributed by atoms with Gasteiger partial charge < -0.3 is 5.73 Å². The molecule has 1 aromatic rings. The van der Waals surface area contributed by atoms with Crippen LogP contribution in [0, 0.1) is 0 Å². The average molecular weight is 251 g/mol. The van der Waals surface area contributed by atoms with Crippen LogP contribution in [0.1, 0.15) is 51.5 Å². The number of rotatable bonds is 7. The lowest BCUT2D eigenvalue weighted by Crippen LogP contribution is -2.18. The van der Waals surface area contributed by atoms with E-state index in [0.717, 1.165) is 18.6 Å². The van der Waals surface area contributed by atoms with E-state index in [4.69, 9.17) is 5.73 Å². The Morgan fingerprint density at radius 1 is 1.12 bits per heavy atom. The molecule has 0 saturated carbocycles. The van der Waals surface area contributed by atoms with E-state index in [1.165, 1.54) is 16.9 Å². The maximum Gasteiger partial charge on any atom is 0.00720 e. The van der Waals surface area contributed by atoms with Gasteiger partial charge in [0.1, 0.15) is 0 Å². The van der Waals surface area contributed by atoms with Gasteiger partial charge in [-0.25, -0.2) is 0 Å². The van der Waals surface area contributed by atoms with E-state index in [0.29, 0.717) is 12.0 Å². The van der Waals surface area contributed by atoms with Gasteiger partial charge in [0, 0.05) is 10.9 Å². The third kappa shape index (κ3) is 5.13.